The van der Waals surface area contributed by atoms with Crippen molar-refractivity contribution in [2.75, 3.05) is 13.7 Å². The van der Waals surface area contributed by atoms with Crippen LogP contribution in [-0.2, 0) is 4.79 Å². The van der Waals surface area contributed by atoms with Gasteiger partial charge in [0.25, 0.3) is 5.91 Å². The van der Waals surface area contributed by atoms with Crippen molar-refractivity contribution in [3.05, 3.63) is 28.7 Å². The molecule has 1 aliphatic heterocycles. The van der Waals surface area contributed by atoms with Crippen molar-refractivity contribution in [3.63, 3.8) is 0 Å². The van der Waals surface area contributed by atoms with Gasteiger partial charge in [-0.25, -0.2) is 0 Å². The fourth-order valence-corrected chi connectivity index (χ4v) is 2.77. The SMILES string of the molecule is COc1cc(C=C2SC(=S)NC2=O)ccc1OCC(C)C. The van der Waals surface area contributed by atoms with E-state index in [0.717, 1.165) is 5.56 Å². The Morgan fingerprint density at radius 3 is 2.71 bits per heavy atom. The van der Waals surface area contributed by atoms with Crippen LogP contribution in [0.3, 0.4) is 0 Å². The Kier molecular flexibility index (Phi) is 5.25. The first-order chi connectivity index (χ1) is 9.99. The van der Waals surface area contributed by atoms with Gasteiger partial charge in [-0.15, -0.1) is 0 Å². The maximum atomic E-state index is 11.6. The van der Waals surface area contributed by atoms with Crippen molar-refractivity contribution in [1.29, 1.82) is 0 Å². The number of methoxy groups -OCH3 is 1. The molecule has 1 aromatic rings. The van der Waals surface area contributed by atoms with Crippen molar-refractivity contribution in [2.24, 2.45) is 5.92 Å². The summed E-state index contributed by atoms with van der Waals surface area (Å²) in [6.07, 6.45) is 1.79. The van der Waals surface area contributed by atoms with E-state index in [4.69, 9.17) is 21.7 Å². The van der Waals surface area contributed by atoms with E-state index in [0.29, 0.717) is 33.2 Å². The van der Waals surface area contributed by atoms with Crippen molar-refractivity contribution in [2.45, 2.75) is 13.8 Å². The number of hydrogen-bond donors (Lipinski definition) is 1. The minimum Gasteiger partial charge on any atom is -0.493 e. The van der Waals surface area contributed by atoms with Crippen LogP contribution >= 0.6 is 24.0 Å². The van der Waals surface area contributed by atoms with Gasteiger partial charge in [-0.1, -0.05) is 43.9 Å². The van der Waals surface area contributed by atoms with E-state index >= 15 is 0 Å². The minimum atomic E-state index is -0.163. The van der Waals surface area contributed by atoms with Crippen molar-refractivity contribution in [3.8, 4) is 11.5 Å². The summed E-state index contributed by atoms with van der Waals surface area (Å²) in [7, 11) is 1.60. The van der Waals surface area contributed by atoms with Crippen LogP contribution in [0.4, 0.5) is 0 Å². The van der Waals surface area contributed by atoms with Crippen LogP contribution in [0.1, 0.15) is 19.4 Å². The molecule has 0 saturated carbocycles. The van der Waals surface area contributed by atoms with E-state index in [2.05, 4.69) is 19.2 Å². The third-order valence-corrected chi connectivity index (χ3v) is 3.86. The van der Waals surface area contributed by atoms with Crippen molar-refractivity contribution in [1.82, 2.24) is 5.32 Å². The zero-order valence-corrected chi connectivity index (χ0v) is 13.8. The number of carbonyl (C=O) groups is 1. The normalized spacial score (nSPS) is 16.5. The molecule has 1 aliphatic rings. The van der Waals surface area contributed by atoms with Gasteiger partial charge in [-0.05, 0) is 29.7 Å². The number of thiocarbonyl (C=S) groups is 1. The zero-order chi connectivity index (χ0) is 15.4. The van der Waals surface area contributed by atoms with Gasteiger partial charge in [0, 0.05) is 0 Å². The first-order valence-electron chi connectivity index (χ1n) is 6.55. The smallest absolute Gasteiger partial charge is 0.263 e. The van der Waals surface area contributed by atoms with Gasteiger partial charge in [-0.2, -0.15) is 0 Å². The largest absolute Gasteiger partial charge is 0.493 e. The number of thioether (sulfide) groups is 1. The fourth-order valence-electron chi connectivity index (χ4n) is 1.72. The number of ether oxygens (including phenoxy) is 2. The monoisotopic (exact) mass is 323 g/mol. The highest BCUT2D eigenvalue weighted by Gasteiger charge is 2.22. The second-order valence-corrected chi connectivity index (χ2v) is 6.69. The lowest BCUT2D eigenvalue weighted by Crippen LogP contribution is -2.17. The van der Waals surface area contributed by atoms with Crippen LogP contribution < -0.4 is 14.8 Å². The molecule has 2 rings (SSSR count). The molecule has 0 aromatic heterocycles. The van der Waals surface area contributed by atoms with E-state index < -0.39 is 0 Å². The van der Waals surface area contributed by atoms with Crippen molar-refractivity contribution < 1.29 is 14.3 Å². The molecule has 0 unspecified atom stereocenters. The van der Waals surface area contributed by atoms with Gasteiger partial charge in [0.2, 0.25) is 0 Å². The highest BCUT2D eigenvalue weighted by Crippen LogP contribution is 2.31. The van der Waals surface area contributed by atoms with E-state index in [1.807, 2.05) is 18.2 Å². The Hall–Kier alpha value is -1.53. The molecule has 1 amide bonds. The molecular formula is C15H17NO3S2. The molecular weight excluding hydrogens is 306 g/mol. The van der Waals surface area contributed by atoms with Gasteiger partial charge in [0.05, 0.1) is 18.6 Å². The topological polar surface area (TPSA) is 47.6 Å². The van der Waals surface area contributed by atoms with Gasteiger partial charge in [0.15, 0.2) is 11.5 Å². The van der Waals surface area contributed by atoms with E-state index in [1.54, 1.807) is 13.2 Å². The van der Waals surface area contributed by atoms with E-state index in [1.165, 1.54) is 11.8 Å². The average molecular weight is 323 g/mol. The number of benzene rings is 1. The second-order valence-electron chi connectivity index (χ2n) is 4.97. The van der Waals surface area contributed by atoms with Gasteiger partial charge in [-0.3, -0.25) is 4.79 Å². The highest BCUT2D eigenvalue weighted by molar-refractivity contribution is 8.26. The van der Waals surface area contributed by atoms with Crippen LogP contribution in [0.5, 0.6) is 11.5 Å². The average Bonchev–Trinajstić information content (AvgIpc) is 2.75. The lowest BCUT2D eigenvalue weighted by molar-refractivity contribution is -0.115. The number of amides is 1. The van der Waals surface area contributed by atoms with Gasteiger partial charge < -0.3 is 14.8 Å². The van der Waals surface area contributed by atoms with Crippen LogP contribution in [0.25, 0.3) is 6.08 Å². The Balaban J connectivity index is 2.21. The molecule has 1 fully saturated rings. The first-order valence-corrected chi connectivity index (χ1v) is 7.77. The molecule has 0 radical (unpaired) electrons. The van der Waals surface area contributed by atoms with Gasteiger partial charge in [0.1, 0.15) is 4.32 Å². The molecule has 6 heteroatoms. The predicted molar refractivity (Wildman–Crippen MR) is 89.6 cm³/mol. The molecule has 0 aliphatic carbocycles. The molecule has 112 valence electrons. The molecule has 0 spiro atoms. The van der Waals surface area contributed by atoms with Crippen LogP contribution in [0.15, 0.2) is 23.1 Å². The Labute approximate surface area is 133 Å². The Morgan fingerprint density at radius 2 is 2.14 bits per heavy atom. The standard InChI is InChI=1S/C15H17NO3S2/c1-9(2)8-19-11-5-4-10(6-12(11)18-3)7-13-14(17)16-15(20)21-13/h4-7,9H,8H2,1-3H3,(H,16,17,20). The van der Waals surface area contributed by atoms with E-state index in [9.17, 15) is 4.79 Å². The summed E-state index contributed by atoms with van der Waals surface area (Å²) in [5, 5.41) is 2.59. The molecule has 4 nitrogen and oxygen atoms in total. The Morgan fingerprint density at radius 1 is 1.38 bits per heavy atom. The van der Waals surface area contributed by atoms with Crippen LogP contribution in [0.2, 0.25) is 0 Å². The molecule has 1 aromatic carbocycles. The van der Waals surface area contributed by atoms with Crippen LogP contribution in [0, 0.1) is 5.92 Å². The number of nitrogens with one attached hydrogen (secondary N) is 1. The maximum absolute atomic E-state index is 11.6. The summed E-state index contributed by atoms with van der Waals surface area (Å²) in [5.41, 5.74) is 0.867. The predicted octanol–water partition coefficient (Wildman–Crippen LogP) is 3.22. The summed E-state index contributed by atoms with van der Waals surface area (Å²) in [6, 6.07) is 5.59. The quantitative estimate of drug-likeness (QED) is 0.666. The van der Waals surface area contributed by atoms with Crippen molar-refractivity contribution >= 4 is 40.3 Å². The summed E-state index contributed by atoms with van der Waals surface area (Å²) >= 11 is 6.22. The molecule has 21 heavy (non-hydrogen) atoms. The highest BCUT2D eigenvalue weighted by atomic mass is 32.2. The summed E-state index contributed by atoms with van der Waals surface area (Å²) in [4.78, 5) is 12.2. The summed E-state index contributed by atoms with van der Waals surface area (Å²) < 4.78 is 11.5. The minimum absolute atomic E-state index is 0.163. The summed E-state index contributed by atoms with van der Waals surface area (Å²) in [6.45, 7) is 4.80. The second kappa shape index (κ2) is 6.95. The maximum Gasteiger partial charge on any atom is 0.263 e. The number of hydrogen-bond acceptors (Lipinski definition) is 5. The zero-order valence-electron chi connectivity index (χ0n) is 12.1. The number of rotatable bonds is 5. The number of carbonyl (C=O) groups excluding carboxylic acids is 1. The summed E-state index contributed by atoms with van der Waals surface area (Å²) in [5.74, 6) is 1.63. The molecule has 1 N–H and O–H groups in total. The fraction of sp³-hybridized carbons (Fsp3) is 0.333. The van der Waals surface area contributed by atoms with Gasteiger partial charge >= 0.3 is 0 Å². The van der Waals surface area contributed by atoms with E-state index in [-0.39, 0.29) is 5.91 Å². The molecule has 1 heterocycles. The lowest BCUT2D eigenvalue weighted by atomic mass is 10.2. The van der Waals surface area contributed by atoms with Crippen LogP contribution in [-0.4, -0.2) is 23.9 Å². The molecule has 0 atom stereocenters. The third-order valence-electron chi connectivity index (χ3n) is 2.70. The molecule has 0 bridgehead atoms. The lowest BCUT2D eigenvalue weighted by Gasteiger charge is -2.12. The first kappa shape index (κ1) is 15.9. The Bertz CT molecular complexity index is 597. The third kappa shape index (κ3) is 4.22. The molecule has 1 saturated heterocycles.